The van der Waals surface area contributed by atoms with Crippen molar-refractivity contribution in [1.82, 2.24) is 9.55 Å². The standard InChI is InChI=1S/C21H17N3O5S2/c1-3-29-17(25)11-24-14-9-8-12(20(27)28-2)10-16(14)31-21(24)23-18(26)19-22-13-6-4-5-7-15(13)30-19/h4-10H,3,11H2,1-2H3. The smallest absolute Gasteiger partial charge is 0.337 e. The number of rotatable bonds is 5. The number of carbonyl (C=O) groups is 3. The van der Waals surface area contributed by atoms with Crippen molar-refractivity contribution in [3.8, 4) is 0 Å². The Kier molecular flexibility index (Phi) is 5.92. The van der Waals surface area contributed by atoms with E-state index in [2.05, 4.69) is 9.98 Å². The van der Waals surface area contributed by atoms with Gasteiger partial charge in [-0.1, -0.05) is 23.5 Å². The third kappa shape index (κ3) is 4.25. The number of aromatic nitrogens is 2. The molecule has 2 aromatic carbocycles. The molecule has 0 saturated heterocycles. The molecule has 4 aromatic rings. The number of nitrogens with zero attached hydrogens (tertiary/aromatic N) is 3. The van der Waals surface area contributed by atoms with Crippen molar-refractivity contribution < 1.29 is 23.9 Å². The summed E-state index contributed by atoms with van der Waals surface area (Å²) in [5.74, 6) is -1.43. The molecule has 2 heterocycles. The van der Waals surface area contributed by atoms with E-state index in [0.717, 1.165) is 10.2 Å². The van der Waals surface area contributed by atoms with E-state index in [0.29, 0.717) is 20.6 Å². The van der Waals surface area contributed by atoms with Crippen LogP contribution in [0.4, 0.5) is 0 Å². The highest BCUT2D eigenvalue weighted by atomic mass is 32.1. The van der Waals surface area contributed by atoms with Gasteiger partial charge in [0.2, 0.25) is 0 Å². The molecule has 0 fully saturated rings. The highest BCUT2D eigenvalue weighted by Gasteiger charge is 2.16. The van der Waals surface area contributed by atoms with Gasteiger partial charge in [-0.2, -0.15) is 4.99 Å². The van der Waals surface area contributed by atoms with Gasteiger partial charge in [0.15, 0.2) is 9.81 Å². The summed E-state index contributed by atoms with van der Waals surface area (Å²) >= 11 is 2.45. The lowest BCUT2D eigenvalue weighted by Crippen LogP contribution is -2.23. The van der Waals surface area contributed by atoms with Gasteiger partial charge in [0.25, 0.3) is 0 Å². The number of methoxy groups -OCH3 is 1. The Morgan fingerprint density at radius 3 is 2.65 bits per heavy atom. The van der Waals surface area contributed by atoms with Crippen LogP contribution in [-0.2, 0) is 20.8 Å². The van der Waals surface area contributed by atoms with Crippen LogP contribution in [0, 0.1) is 0 Å². The number of thiazole rings is 2. The minimum absolute atomic E-state index is 0.114. The Morgan fingerprint density at radius 2 is 1.90 bits per heavy atom. The minimum Gasteiger partial charge on any atom is -0.465 e. The lowest BCUT2D eigenvalue weighted by molar-refractivity contribution is -0.143. The molecule has 0 aliphatic heterocycles. The van der Waals surface area contributed by atoms with E-state index in [1.54, 1.807) is 29.7 Å². The molecule has 4 rings (SSSR count). The second-order valence-electron chi connectivity index (χ2n) is 6.35. The molecule has 0 atom stereocenters. The monoisotopic (exact) mass is 455 g/mol. The Morgan fingerprint density at radius 1 is 1.10 bits per heavy atom. The van der Waals surface area contributed by atoms with Crippen LogP contribution in [0.3, 0.4) is 0 Å². The van der Waals surface area contributed by atoms with Gasteiger partial charge in [0.1, 0.15) is 6.54 Å². The quantitative estimate of drug-likeness (QED) is 0.428. The maximum Gasteiger partial charge on any atom is 0.337 e. The summed E-state index contributed by atoms with van der Waals surface area (Å²) in [6, 6.07) is 12.4. The van der Waals surface area contributed by atoms with Crippen LogP contribution in [0.5, 0.6) is 0 Å². The average molecular weight is 456 g/mol. The number of benzene rings is 2. The predicted octanol–water partition coefficient (Wildman–Crippen LogP) is 3.40. The van der Waals surface area contributed by atoms with Gasteiger partial charge in [-0.25, -0.2) is 9.78 Å². The first-order valence-electron chi connectivity index (χ1n) is 9.32. The zero-order chi connectivity index (χ0) is 22.0. The van der Waals surface area contributed by atoms with Crippen molar-refractivity contribution in [3.63, 3.8) is 0 Å². The molecule has 0 radical (unpaired) electrons. The summed E-state index contributed by atoms with van der Waals surface area (Å²) in [6.07, 6.45) is 0. The molecule has 1 amide bonds. The van der Waals surface area contributed by atoms with Gasteiger partial charge in [-0.05, 0) is 37.3 Å². The van der Waals surface area contributed by atoms with Crippen LogP contribution in [0.1, 0.15) is 27.1 Å². The van der Waals surface area contributed by atoms with Crippen molar-refractivity contribution in [1.29, 1.82) is 0 Å². The minimum atomic E-state index is -0.501. The fourth-order valence-corrected chi connectivity index (χ4v) is 4.91. The summed E-state index contributed by atoms with van der Waals surface area (Å²) in [7, 11) is 1.30. The van der Waals surface area contributed by atoms with Crippen LogP contribution >= 0.6 is 22.7 Å². The van der Waals surface area contributed by atoms with Crippen molar-refractivity contribution >= 4 is 61.0 Å². The third-order valence-electron chi connectivity index (χ3n) is 4.37. The summed E-state index contributed by atoms with van der Waals surface area (Å²) in [4.78, 5) is 45.8. The number of fused-ring (bicyclic) bond motifs is 2. The Hall–Kier alpha value is -3.37. The zero-order valence-electron chi connectivity index (χ0n) is 16.7. The second-order valence-corrected chi connectivity index (χ2v) is 8.39. The molecular weight excluding hydrogens is 438 g/mol. The first-order valence-corrected chi connectivity index (χ1v) is 11.0. The average Bonchev–Trinajstić information content (AvgIpc) is 3.34. The second kappa shape index (κ2) is 8.78. The lowest BCUT2D eigenvalue weighted by atomic mass is 10.2. The summed E-state index contributed by atoms with van der Waals surface area (Å²) in [5.41, 5.74) is 1.75. The first kappa shape index (κ1) is 20.9. The predicted molar refractivity (Wildman–Crippen MR) is 117 cm³/mol. The fourth-order valence-electron chi connectivity index (χ4n) is 2.99. The number of hydrogen-bond donors (Lipinski definition) is 0. The van der Waals surface area contributed by atoms with Crippen molar-refractivity contribution in [2.45, 2.75) is 13.5 Å². The van der Waals surface area contributed by atoms with E-state index in [9.17, 15) is 14.4 Å². The van der Waals surface area contributed by atoms with E-state index in [1.165, 1.54) is 29.8 Å². The Labute approximate surface area is 184 Å². The Balaban J connectivity index is 1.82. The highest BCUT2D eigenvalue weighted by Crippen LogP contribution is 2.23. The molecule has 0 aliphatic carbocycles. The molecule has 31 heavy (non-hydrogen) atoms. The van der Waals surface area contributed by atoms with Crippen LogP contribution in [-0.4, -0.2) is 41.1 Å². The van der Waals surface area contributed by atoms with Crippen LogP contribution in [0.2, 0.25) is 0 Å². The van der Waals surface area contributed by atoms with Crippen molar-refractivity contribution in [3.05, 3.63) is 57.8 Å². The van der Waals surface area contributed by atoms with Gasteiger partial charge in [-0.3, -0.25) is 9.59 Å². The molecule has 2 aromatic heterocycles. The van der Waals surface area contributed by atoms with E-state index in [4.69, 9.17) is 9.47 Å². The number of carbonyl (C=O) groups excluding carboxylic acids is 3. The first-order chi connectivity index (χ1) is 15.0. The molecule has 0 unspecified atom stereocenters. The molecule has 10 heteroatoms. The number of hydrogen-bond acceptors (Lipinski definition) is 8. The van der Waals surface area contributed by atoms with Gasteiger partial charge in [-0.15, -0.1) is 11.3 Å². The van der Waals surface area contributed by atoms with E-state index in [-0.39, 0.29) is 18.2 Å². The molecule has 0 saturated carbocycles. The lowest BCUT2D eigenvalue weighted by Gasteiger charge is -2.05. The number of para-hydroxylation sites is 1. The fraction of sp³-hybridized carbons (Fsp3) is 0.190. The van der Waals surface area contributed by atoms with Crippen LogP contribution in [0.15, 0.2) is 47.5 Å². The maximum absolute atomic E-state index is 12.8. The van der Waals surface area contributed by atoms with Gasteiger partial charge in [0, 0.05) is 0 Å². The molecule has 8 nitrogen and oxygen atoms in total. The molecular formula is C21H17N3O5S2. The zero-order valence-corrected chi connectivity index (χ0v) is 18.3. The van der Waals surface area contributed by atoms with Crippen LogP contribution < -0.4 is 4.80 Å². The maximum atomic E-state index is 12.8. The van der Waals surface area contributed by atoms with Gasteiger partial charge in [0.05, 0.1) is 39.7 Å². The van der Waals surface area contributed by atoms with E-state index >= 15 is 0 Å². The largest absolute Gasteiger partial charge is 0.465 e. The van der Waals surface area contributed by atoms with Gasteiger partial charge < -0.3 is 14.0 Å². The van der Waals surface area contributed by atoms with Gasteiger partial charge >= 0.3 is 17.8 Å². The summed E-state index contributed by atoms with van der Waals surface area (Å²) < 4.78 is 13.0. The van der Waals surface area contributed by atoms with Crippen molar-refractivity contribution in [2.75, 3.05) is 13.7 Å². The SMILES string of the molecule is CCOC(=O)Cn1c(=NC(=O)c2nc3ccccc3s2)sc2cc(C(=O)OC)ccc21. The topological polar surface area (TPSA) is 99.9 Å². The van der Waals surface area contributed by atoms with E-state index < -0.39 is 17.8 Å². The summed E-state index contributed by atoms with van der Waals surface area (Å²) in [5, 5.41) is 0.261. The van der Waals surface area contributed by atoms with Crippen molar-refractivity contribution in [2.24, 2.45) is 4.99 Å². The molecule has 0 spiro atoms. The molecule has 0 aliphatic rings. The number of ether oxygens (including phenoxy) is 2. The molecule has 0 N–H and O–H groups in total. The normalized spacial score (nSPS) is 11.7. The third-order valence-corrected chi connectivity index (χ3v) is 6.44. The number of amides is 1. The molecule has 0 bridgehead atoms. The Bertz CT molecular complexity index is 1350. The number of esters is 2. The highest BCUT2D eigenvalue weighted by molar-refractivity contribution is 7.20. The van der Waals surface area contributed by atoms with Crippen LogP contribution in [0.25, 0.3) is 20.4 Å². The molecule has 158 valence electrons. The summed E-state index contributed by atoms with van der Waals surface area (Å²) in [6.45, 7) is 1.85. The van der Waals surface area contributed by atoms with E-state index in [1.807, 2.05) is 24.3 Å².